The molecule has 0 saturated carbocycles. The van der Waals surface area contributed by atoms with E-state index < -0.39 is 0 Å². The zero-order valence-corrected chi connectivity index (χ0v) is 28.9. The van der Waals surface area contributed by atoms with E-state index in [0.29, 0.717) is 0 Å². The van der Waals surface area contributed by atoms with Gasteiger partial charge in [0.2, 0.25) is 0 Å². The van der Waals surface area contributed by atoms with Crippen molar-refractivity contribution in [1.82, 2.24) is 0 Å². The molecule has 1 nitrogen and oxygen atoms in total. The molecule has 0 aliphatic carbocycles. The van der Waals surface area contributed by atoms with E-state index >= 15 is 0 Å². The molecule has 0 amide bonds. The van der Waals surface area contributed by atoms with E-state index in [2.05, 4.69) is 194 Å². The highest BCUT2D eigenvalue weighted by Crippen LogP contribution is 2.47. The van der Waals surface area contributed by atoms with E-state index in [0.717, 1.165) is 21.9 Å². The van der Waals surface area contributed by atoms with Crippen LogP contribution in [-0.2, 0) is 0 Å². The van der Waals surface area contributed by atoms with Gasteiger partial charge in [-0.15, -0.1) is 0 Å². The summed E-state index contributed by atoms with van der Waals surface area (Å²) >= 11 is 0. The lowest BCUT2D eigenvalue weighted by Gasteiger charge is -2.19. The zero-order valence-electron chi connectivity index (χ0n) is 28.9. The van der Waals surface area contributed by atoms with E-state index in [1.807, 2.05) is 0 Å². The van der Waals surface area contributed by atoms with Gasteiger partial charge in [0.15, 0.2) is 0 Å². The van der Waals surface area contributed by atoms with E-state index in [-0.39, 0.29) is 0 Å². The molecule has 11 rings (SSSR count). The van der Waals surface area contributed by atoms with Gasteiger partial charge in [0.1, 0.15) is 11.2 Å². The van der Waals surface area contributed by atoms with Crippen LogP contribution >= 0.6 is 0 Å². The molecule has 246 valence electrons. The Morgan fingerprint density at radius 1 is 0.264 bits per heavy atom. The van der Waals surface area contributed by atoms with Crippen molar-refractivity contribution < 1.29 is 4.42 Å². The van der Waals surface area contributed by atoms with Gasteiger partial charge in [0, 0.05) is 10.8 Å². The highest BCUT2D eigenvalue weighted by Gasteiger charge is 2.19. The third kappa shape index (κ3) is 4.71. The van der Waals surface area contributed by atoms with Crippen LogP contribution in [0.2, 0.25) is 0 Å². The van der Waals surface area contributed by atoms with Crippen molar-refractivity contribution in [2.75, 3.05) is 0 Å². The van der Waals surface area contributed by atoms with Crippen LogP contribution in [0.5, 0.6) is 0 Å². The SMILES string of the molecule is c1ccc(-c2ccc3cccc(-c4c5ccccc5c(-c5ccc6ccc7oc8ccc(-c9ccccc9)cc8c7c6c5)c5ccccc45)c3c2)cc1. The summed E-state index contributed by atoms with van der Waals surface area (Å²) in [5.41, 5.74) is 11.6. The van der Waals surface area contributed by atoms with Crippen molar-refractivity contribution >= 4 is 65.0 Å². The molecule has 1 aromatic heterocycles. The van der Waals surface area contributed by atoms with Crippen LogP contribution in [0, 0.1) is 0 Å². The predicted octanol–water partition coefficient (Wildman–Crippen LogP) is 14.9. The van der Waals surface area contributed by atoms with Crippen LogP contribution in [0.25, 0.3) is 110 Å². The van der Waals surface area contributed by atoms with Gasteiger partial charge in [-0.25, -0.2) is 0 Å². The average Bonchev–Trinajstić information content (AvgIpc) is 3.61. The normalized spacial score (nSPS) is 11.8. The first-order chi connectivity index (χ1) is 26.3. The molecule has 1 heterocycles. The molecular weight excluding hydrogens is 641 g/mol. The summed E-state index contributed by atoms with van der Waals surface area (Å²) in [6.07, 6.45) is 0. The number of hydrogen-bond donors (Lipinski definition) is 0. The van der Waals surface area contributed by atoms with E-state index in [9.17, 15) is 0 Å². The fraction of sp³-hybridized carbons (Fsp3) is 0. The van der Waals surface area contributed by atoms with Gasteiger partial charge in [-0.2, -0.15) is 0 Å². The highest BCUT2D eigenvalue weighted by atomic mass is 16.3. The van der Waals surface area contributed by atoms with Crippen molar-refractivity contribution in [2.45, 2.75) is 0 Å². The second-order valence-corrected chi connectivity index (χ2v) is 14.0. The van der Waals surface area contributed by atoms with Crippen molar-refractivity contribution in [3.8, 4) is 44.5 Å². The second-order valence-electron chi connectivity index (χ2n) is 14.0. The second kappa shape index (κ2) is 11.8. The molecule has 0 aliphatic rings. The molecule has 10 aromatic carbocycles. The fourth-order valence-electron chi connectivity index (χ4n) is 8.59. The summed E-state index contributed by atoms with van der Waals surface area (Å²) in [4.78, 5) is 0. The summed E-state index contributed by atoms with van der Waals surface area (Å²) in [5.74, 6) is 0. The molecule has 0 radical (unpaired) electrons. The molecular formula is C52H32O. The molecule has 11 aromatic rings. The van der Waals surface area contributed by atoms with Crippen LogP contribution in [0.4, 0.5) is 0 Å². The summed E-state index contributed by atoms with van der Waals surface area (Å²) < 4.78 is 6.47. The smallest absolute Gasteiger partial charge is 0.136 e. The van der Waals surface area contributed by atoms with Gasteiger partial charge >= 0.3 is 0 Å². The number of rotatable bonds is 4. The third-order valence-electron chi connectivity index (χ3n) is 11.0. The molecule has 0 aliphatic heterocycles. The first-order valence-corrected chi connectivity index (χ1v) is 18.3. The van der Waals surface area contributed by atoms with Crippen molar-refractivity contribution in [3.63, 3.8) is 0 Å². The standard InChI is InChI=1S/C52H32O/c1-3-12-33(13-4-1)37-24-22-35-16-11-21-44(45(35)30-37)51-42-19-9-7-17-40(42)50(41-18-8-10-20-43(41)51)39-25-23-36-26-29-49-52(46(36)32-39)47-31-38(27-28-48(47)53-49)34-14-5-2-6-15-34/h1-32H. The van der Waals surface area contributed by atoms with Gasteiger partial charge in [0.25, 0.3) is 0 Å². The molecule has 0 unspecified atom stereocenters. The molecule has 0 N–H and O–H groups in total. The fourth-order valence-corrected chi connectivity index (χ4v) is 8.59. The minimum absolute atomic E-state index is 0.906. The van der Waals surface area contributed by atoms with Crippen molar-refractivity contribution in [1.29, 1.82) is 0 Å². The van der Waals surface area contributed by atoms with E-state index in [4.69, 9.17) is 4.42 Å². The summed E-state index contributed by atoms with van der Waals surface area (Å²) in [6.45, 7) is 0. The Kier molecular flexibility index (Phi) is 6.62. The van der Waals surface area contributed by atoms with Gasteiger partial charge in [-0.3, -0.25) is 0 Å². The van der Waals surface area contributed by atoms with E-state index in [1.165, 1.54) is 87.6 Å². The molecule has 53 heavy (non-hydrogen) atoms. The Morgan fingerprint density at radius 3 is 1.42 bits per heavy atom. The molecule has 0 saturated heterocycles. The van der Waals surface area contributed by atoms with Crippen LogP contribution in [-0.4, -0.2) is 0 Å². The Hall–Kier alpha value is -6.96. The lowest BCUT2D eigenvalue weighted by molar-refractivity contribution is 0.669. The Balaban J connectivity index is 1.18. The van der Waals surface area contributed by atoms with Gasteiger partial charge in [0.05, 0.1) is 0 Å². The lowest BCUT2D eigenvalue weighted by atomic mass is 9.84. The minimum atomic E-state index is 0.906. The van der Waals surface area contributed by atoms with Gasteiger partial charge in [-0.05, 0) is 118 Å². The molecule has 0 bridgehead atoms. The lowest BCUT2D eigenvalue weighted by Crippen LogP contribution is -1.92. The van der Waals surface area contributed by atoms with Crippen LogP contribution in [0.15, 0.2) is 199 Å². The topological polar surface area (TPSA) is 13.1 Å². The predicted molar refractivity (Wildman–Crippen MR) is 225 cm³/mol. The number of furan rings is 1. The first kappa shape index (κ1) is 29.7. The third-order valence-corrected chi connectivity index (χ3v) is 11.0. The largest absolute Gasteiger partial charge is 0.456 e. The van der Waals surface area contributed by atoms with Crippen LogP contribution in [0.3, 0.4) is 0 Å². The molecule has 0 fully saturated rings. The van der Waals surface area contributed by atoms with E-state index in [1.54, 1.807) is 0 Å². The maximum atomic E-state index is 6.47. The van der Waals surface area contributed by atoms with Crippen LogP contribution < -0.4 is 0 Å². The quantitative estimate of drug-likeness (QED) is 0.170. The van der Waals surface area contributed by atoms with Gasteiger partial charge in [-0.1, -0.05) is 164 Å². The minimum Gasteiger partial charge on any atom is -0.456 e. The number of benzene rings is 10. The monoisotopic (exact) mass is 672 g/mol. The summed E-state index contributed by atoms with van der Waals surface area (Å²) in [6, 6.07) is 70.6. The Bertz CT molecular complexity index is 3150. The van der Waals surface area contributed by atoms with Crippen LogP contribution in [0.1, 0.15) is 0 Å². The molecule has 1 heteroatoms. The van der Waals surface area contributed by atoms with Crippen molar-refractivity contribution in [3.05, 3.63) is 194 Å². The molecule has 0 spiro atoms. The summed E-state index contributed by atoms with van der Waals surface area (Å²) in [5, 5.41) is 12.2. The van der Waals surface area contributed by atoms with Gasteiger partial charge < -0.3 is 4.42 Å². The maximum absolute atomic E-state index is 6.47. The number of fused-ring (bicyclic) bond motifs is 8. The average molecular weight is 673 g/mol. The Labute approximate surface area is 307 Å². The summed E-state index contributed by atoms with van der Waals surface area (Å²) in [7, 11) is 0. The maximum Gasteiger partial charge on any atom is 0.136 e. The van der Waals surface area contributed by atoms with Crippen molar-refractivity contribution in [2.24, 2.45) is 0 Å². The first-order valence-electron chi connectivity index (χ1n) is 18.3. The zero-order chi connectivity index (χ0) is 34.9. The highest BCUT2D eigenvalue weighted by molar-refractivity contribution is 6.25. The Morgan fingerprint density at radius 2 is 0.755 bits per heavy atom. The number of hydrogen-bond acceptors (Lipinski definition) is 1. The molecule has 0 atom stereocenters.